The van der Waals surface area contributed by atoms with Gasteiger partial charge in [0.25, 0.3) is 0 Å². The minimum Gasteiger partial charge on any atom is -0.262 e. The Morgan fingerprint density at radius 1 is 0.947 bits per heavy atom. The fraction of sp³-hybridized carbons (Fsp3) is 0.125. The molecule has 0 atom stereocenters. The molecule has 2 heterocycles. The van der Waals surface area contributed by atoms with Crippen LogP contribution in [0.5, 0.6) is 0 Å². The first kappa shape index (κ1) is 12.1. The third kappa shape index (κ3) is 2.42. The number of rotatable bonds is 2. The van der Waals surface area contributed by atoms with Gasteiger partial charge in [0, 0.05) is 17.5 Å². The standard InChI is InChI=1S/C16H14N2S/c1-11-10-14(8-9-17-11)16-15(18-12(2)19-16)13-6-4-3-5-7-13/h3-10H,1-2H3. The Hall–Kier alpha value is -2.00. The van der Waals surface area contributed by atoms with Crippen LogP contribution in [0.2, 0.25) is 0 Å². The molecule has 0 saturated carbocycles. The first-order valence-corrected chi connectivity index (χ1v) is 7.01. The molecule has 1 aromatic carbocycles. The van der Waals surface area contributed by atoms with Crippen LogP contribution in [0, 0.1) is 13.8 Å². The maximum atomic E-state index is 4.69. The highest BCUT2D eigenvalue weighted by atomic mass is 32.1. The normalized spacial score (nSPS) is 10.6. The summed E-state index contributed by atoms with van der Waals surface area (Å²) in [6.07, 6.45) is 1.86. The molecule has 94 valence electrons. The fourth-order valence-corrected chi connectivity index (χ4v) is 3.04. The van der Waals surface area contributed by atoms with Crippen LogP contribution >= 0.6 is 11.3 Å². The highest BCUT2D eigenvalue weighted by Gasteiger charge is 2.13. The van der Waals surface area contributed by atoms with E-state index in [1.807, 2.05) is 37.4 Å². The summed E-state index contributed by atoms with van der Waals surface area (Å²) in [6.45, 7) is 4.06. The second-order valence-corrected chi connectivity index (χ2v) is 5.67. The van der Waals surface area contributed by atoms with Gasteiger partial charge in [0.15, 0.2) is 0 Å². The summed E-state index contributed by atoms with van der Waals surface area (Å²) in [4.78, 5) is 10.2. The third-order valence-corrected chi connectivity index (χ3v) is 3.96. The van der Waals surface area contributed by atoms with Gasteiger partial charge in [-0.05, 0) is 31.5 Å². The zero-order chi connectivity index (χ0) is 13.2. The van der Waals surface area contributed by atoms with Gasteiger partial charge in [-0.15, -0.1) is 11.3 Å². The van der Waals surface area contributed by atoms with Gasteiger partial charge in [-0.3, -0.25) is 4.98 Å². The molecule has 0 saturated heterocycles. The lowest BCUT2D eigenvalue weighted by Crippen LogP contribution is -1.84. The van der Waals surface area contributed by atoms with Crippen molar-refractivity contribution in [2.24, 2.45) is 0 Å². The fourth-order valence-electron chi connectivity index (χ4n) is 2.10. The molecule has 0 radical (unpaired) electrons. The molecule has 0 N–H and O–H groups in total. The largest absolute Gasteiger partial charge is 0.262 e. The molecule has 0 bridgehead atoms. The monoisotopic (exact) mass is 266 g/mol. The molecule has 3 heteroatoms. The molecule has 0 aliphatic heterocycles. The Morgan fingerprint density at radius 2 is 1.74 bits per heavy atom. The van der Waals surface area contributed by atoms with E-state index in [-0.39, 0.29) is 0 Å². The lowest BCUT2D eigenvalue weighted by Gasteiger charge is -2.03. The van der Waals surface area contributed by atoms with E-state index in [0.717, 1.165) is 22.0 Å². The van der Waals surface area contributed by atoms with E-state index < -0.39 is 0 Å². The SMILES string of the molecule is Cc1cc(-c2sc(C)nc2-c2ccccc2)ccn1. The molecule has 2 nitrogen and oxygen atoms in total. The molecule has 3 aromatic rings. The lowest BCUT2D eigenvalue weighted by atomic mass is 10.1. The van der Waals surface area contributed by atoms with E-state index in [1.165, 1.54) is 10.4 Å². The predicted octanol–water partition coefficient (Wildman–Crippen LogP) is 4.49. The van der Waals surface area contributed by atoms with Crippen molar-refractivity contribution in [1.82, 2.24) is 9.97 Å². The maximum absolute atomic E-state index is 4.69. The van der Waals surface area contributed by atoms with Gasteiger partial charge in [-0.2, -0.15) is 0 Å². The highest BCUT2D eigenvalue weighted by molar-refractivity contribution is 7.15. The number of hydrogen-bond acceptors (Lipinski definition) is 3. The summed E-state index contributed by atoms with van der Waals surface area (Å²) in [5.41, 5.74) is 4.45. The van der Waals surface area contributed by atoms with Gasteiger partial charge in [0.2, 0.25) is 0 Å². The number of hydrogen-bond donors (Lipinski definition) is 0. The Morgan fingerprint density at radius 3 is 2.47 bits per heavy atom. The van der Waals surface area contributed by atoms with Crippen molar-refractivity contribution in [3.63, 3.8) is 0 Å². The summed E-state index contributed by atoms with van der Waals surface area (Å²) in [5.74, 6) is 0. The van der Waals surface area contributed by atoms with Gasteiger partial charge < -0.3 is 0 Å². The molecule has 2 aromatic heterocycles. The minimum absolute atomic E-state index is 1.03. The van der Waals surface area contributed by atoms with Gasteiger partial charge in [0.1, 0.15) is 0 Å². The van der Waals surface area contributed by atoms with E-state index >= 15 is 0 Å². The molecule has 3 rings (SSSR count). The summed E-state index contributed by atoms with van der Waals surface area (Å²) < 4.78 is 0. The van der Waals surface area contributed by atoms with E-state index in [9.17, 15) is 0 Å². The molecule has 0 unspecified atom stereocenters. The van der Waals surface area contributed by atoms with Crippen molar-refractivity contribution in [2.75, 3.05) is 0 Å². The summed E-state index contributed by atoms with van der Waals surface area (Å²) >= 11 is 1.73. The topological polar surface area (TPSA) is 25.8 Å². The van der Waals surface area contributed by atoms with Gasteiger partial charge in [-0.1, -0.05) is 30.3 Å². The van der Waals surface area contributed by atoms with Crippen LogP contribution in [0.1, 0.15) is 10.7 Å². The quantitative estimate of drug-likeness (QED) is 0.683. The van der Waals surface area contributed by atoms with E-state index in [2.05, 4.69) is 35.1 Å². The Balaban J connectivity index is 2.18. The van der Waals surface area contributed by atoms with Crippen molar-refractivity contribution in [2.45, 2.75) is 13.8 Å². The predicted molar refractivity (Wildman–Crippen MR) is 80.3 cm³/mol. The second-order valence-electron chi connectivity index (χ2n) is 4.46. The van der Waals surface area contributed by atoms with Crippen molar-refractivity contribution < 1.29 is 0 Å². The van der Waals surface area contributed by atoms with Gasteiger partial charge in [-0.25, -0.2) is 4.98 Å². The zero-order valence-corrected chi connectivity index (χ0v) is 11.7. The van der Waals surface area contributed by atoms with E-state index in [0.29, 0.717) is 0 Å². The molecular weight excluding hydrogens is 252 g/mol. The average molecular weight is 266 g/mol. The number of nitrogens with zero attached hydrogens (tertiary/aromatic N) is 2. The number of aromatic nitrogens is 2. The van der Waals surface area contributed by atoms with E-state index in [1.54, 1.807) is 11.3 Å². The molecule has 0 fully saturated rings. The first-order valence-electron chi connectivity index (χ1n) is 6.20. The molecule has 0 aliphatic rings. The average Bonchev–Trinajstić information content (AvgIpc) is 2.82. The minimum atomic E-state index is 1.03. The Labute approximate surface area is 116 Å². The third-order valence-electron chi connectivity index (χ3n) is 2.94. The Kier molecular flexibility index (Phi) is 3.13. The molecule has 0 aliphatic carbocycles. The smallest absolute Gasteiger partial charge is 0.0908 e. The molecular formula is C16H14N2S. The van der Waals surface area contributed by atoms with Crippen LogP contribution in [0.4, 0.5) is 0 Å². The van der Waals surface area contributed by atoms with Crippen LogP contribution < -0.4 is 0 Å². The van der Waals surface area contributed by atoms with Gasteiger partial charge >= 0.3 is 0 Å². The summed E-state index contributed by atoms with van der Waals surface area (Å²) in [7, 11) is 0. The molecule has 0 spiro atoms. The maximum Gasteiger partial charge on any atom is 0.0908 e. The number of aryl methyl sites for hydroxylation is 2. The highest BCUT2D eigenvalue weighted by Crippen LogP contribution is 2.36. The summed E-state index contributed by atoms with van der Waals surface area (Å²) in [5, 5.41) is 1.09. The zero-order valence-electron chi connectivity index (χ0n) is 10.9. The lowest BCUT2D eigenvalue weighted by molar-refractivity contribution is 1.20. The molecule has 0 amide bonds. The molecule has 19 heavy (non-hydrogen) atoms. The first-order chi connectivity index (χ1) is 9.24. The van der Waals surface area contributed by atoms with Crippen molar-refractivity contribution in [1.29, 1.82) is 0 Å². The second kappa shape index (κ2) is 4.94. The number of pyridine rings is 1. The van der Waals surface area contributed by atoms with Crippen LogP contribution in [0.3, 0.4) is 0 Å². The van der Waals surface area contributed by atoms with Crippen molar-refractivity contribution >= 4 is 11.3 Å². The Bertz CT molecular complexity index is 702. The van der Waals surface area contributed by atoms with E-state index in [4.69, 9.17) is 0 Å². The van der Waals surface area contributed by atoms with Crippen molar-refractivity contribution in [3.05, 3.63) is 59.4 Å². The number of thiazole rings is 1. The van der Waals surface area contributed by atoms with Crippen LogP contribution in [-0.4, -0.2) is 9.97 Å². The summed E-state index contributed by atoms with van der Waals surface area (Å²) in [6, 6.07) is 14.5. The van der Waals surface area contributed by atoms with Gasteiger partial charge in [0.05, 0.1) is 15.6 Å². The number of benzene rings is 1. The van der Waals surface area contributed by atoms with Crippen LogP contribution in [0.15, 0.2) is 48.7 Å². The van der Waals surface area contributed by atoms with Crippen LogP contribution in [0.25, 0.3) is 21.7 Å². The van der Waals surface area contributed by atoms with Crippen LogP contribution in [-0.2, 0) is 0 Å². The van der Waals surface area contributed by atoms with Crippen molar-refractivity contribution in [3.8, 4) is 21.7 Å².